The molecule has 0 unspecified atom stereocenters. The van der Waals surface area contributed by atoms with Crippen LogP contribution >= 0.6 is 0 Å². The van der Waals surface area contributed by atoms with E-state index in [0.717, 1.165) is 24.9 Å². The second-order valence-corrected chi connectivity index (χ2v) is 4.95. The van der Waals surface area contributed by atoms with Crippen molar-refractivity contribution in [3.8, 4) is 5.75 Å². The summed E-state index contributed by atoms with van der Waals surface area (Å²) in [7, 11) is 0. The van der Waals surface area contributed by atoms with Gasteiger partial charge in [-0.05, 0) is 50.1 Å². The molecule has 0 amide bonds. The summed E-state index contributed by atoms with van der Waals surface area (Å²) < 4.78 is 5.66. The number of aromatic carboxylic acids is 1. The first kappa shape index (κ1) is 13.9. The van der Waals surface area contributed by atoms with E-state index in [4.69, 9.17) is 9.84 Å². The van der Waals surface area contributed by atoms with E-state index in [1.807, 2.05) is 0 Å². The maximum absolute atomic E-state index is 10.7. The Morgan fingerprint density at radius 1 is 1.32 bits per heavy atom. The van der Waals surface area contributed by atoms with E-state index in [2.05, 4.69) is 11.8 Å². The second kappa shape index (κ2) is 6.57. The fourth-order valence-corrected chi connectivity index (χ4v) is 2.18. The van der Waals surface area contributed by atoms with Crippen molar-refractivity contribution in [1.29, 1.82) is 0 Å². The largest absolute Gasteiger partial charge is 0.492 e. The Kier molecular flexibility index (Phi) is 4.80. The number of carboxylic acid groups (broad SMARTS) is 1. The van der Waals surface area contributed by atoms with Gasteiger partial charge in [-0.25, -0.2) is 4.79 Å². The average Bonchev–Trinajstić information content (AvgIpc) is 3.22. The van der Waals surface area contributed by atoms with Gasteiger partial charge in [0.2, 0.25) is 0 Å². The summed E-state index contributed by atoms with van der Waals surface area (Å²) in [5, 5.41) is 8.80. The van der Waals surface area contributed by atoms with Gasteiger partial charge in [-0.1, -0.05) is 6.92 Å². The number of hydrogen-bond donors (Lipinski definition) is 1. The molecule has 0 radical (unpaired) electrons. The lowest BCUT2D eigenvalue weighted by Crippen LogP contribution is -2.31. The summed E-state index contributed by atoms with van der Waals surface area (Å²) in [4.78, 5) is 13.2. The zero-order chi connectivity index (χ0) is 13.7. The summed E-state index contributed by atoms with van der Waals surface area (Å²) in [6.07, 6.45) is 3.80. The Balaban J connectivity index is 1.76. The van der Waals surface area contributed by atoms with E-state index in [1.54, 1.807) is 24.3 Å². The molecule has 1 aromatic carbocycles. The first-order valence-corrected chi connectivity index (χ1v) is 6.91. The van der Waals surface area contributed by atoms with Crippen molar-refractivity contribution in [2.24, 2.45) is 0 Å². The van der Waals surface area contributed by atoms with Gasteiger partial charge < -0.3 is 9.84 Å². The monoisotopic (exact) mass is 263 g/mol. The van der Waals surface area contributed by atoms with Crippen LogP contribution in [-0.4, -0.2) is 41.7 Å². The van der Waals surface area contributed by atoms with E-state index in [0.29, 0.717) is 6.61 Å². The highest BCUT2D eigenvalue weighted by Crippen LogP contribution is 2.26. The lowest BCUT2D eigenvalue weighted by atomic mass is 10.2. The number of hydrogen-bond acceptors (Lipinski definition) is 3. The minimum absolute atomic E-state index is 0.290. The molecule has 0 spiro atoms. The predicted molar refractivity (Wildman–Crippen MR) is 73.8 cm³/mol. The predicted octanol–water partition coefficient (Wildman–Crippen LogP) is 2.64. The van der Waals surface area contributed by atoms with Gasteiger partial charge in [0.05, 0.1) is 5.56 Å². The summed E-state index contributed by atoms with van der Waals surface area (Å²) in [6, 6.07) is 7.33. The van der Waals surface area contributed by atoms with Crippen molar-refractivity contribution in [3.63, 3.8) is 0 Å². The second-order valence-electron chi connectivity index (χ2n) is 4.95. The molecule has 4 heteroatoms. The zero-order valence-corrected chi connectivity index (χ0v) is 11.3. The lowest BCUT2D eigenvalue weighted by Gasteiger charge is -2.21. The van der Waals surface area contributed by atoms with Crippen LogP contribution in [0.5, 0.6) is 5.75 Å². The fraction of sp³-hybridized carbons (Fsp3) is 0.533. The molecule has 19 heavy (non-hydrogen) atoms. The molecule has 4 nitrogen and oxygen atoms in total. The zero-order valence-electron chi connectivity index (χ0n) is 11.3. The summed E-state index contributed by atoms with van der Waals surface area (Å²) in [6.45, 7) is 4.93. The quantitative estimate of drug-likeness (QED) is 0.783. The van der Waals surface area contributed by atoms with E-state index in [1.165, 1.54) is 19.3 Å². The summed E-state index contributed by atoms with van der Waals surface area (Å²) >= 11 is 0. The van der Waals surface area contributed by atoms with Gasteiger partial charge in [0.25, 0.3) is 0 Å². The molecular weight excluding hydrogens is 242 g/mol. The van der Waals surface area contributed by atoms with Gasteiger partial charge in [-0.3, -0.25) is 4.90 Å². The molecule has 0 bridgehead atoms. The molecule has 1 saturated carbocycles. The minimum Gasteiger partial charge on any atom is -0.492 e. The van der Waals surface area contributed by atoms with Gasteiger partial charge in [-0.15, -0.1) is 0 Å². The van der Waals surface area contributed by atoms with Crippen molar-refractivity contribution in [1.82, 2.24) is 4.90 Å². The Morgan fingerprint density at radius 3 is 2.53 bits per heavy atom. The van der Waals surface area contributed by atoms with E-state index >= 15 is 0 Å². The minimum atomic E-state index is -0.908. The number of ether oxygens (including phenoxy) is 1. The standard InChI is InChI=1S/C15H21NO3/c1-2-9-16(13-5-6-13)10-11-19-14-7-3-12(4-8-14)15(17)18/h3-4,7-8,13H,2,5-6,9-11H2,1H3,(H,17,18). The fourth-order valence-electron chi connectivity index (χ4n) is 2.18. The molecular formula is C15H21NO3. The molecule has 1 aliphatic rings. The van der Waals surface area contributed by atoms with Gasteiger partial charge in [0, 0.05) is 12.6 Å². The highest BCUT2D eigenvalue weighted by atomic mass is 16.5. The number of benzene rings is 1. The third-order valence-corrected chi connectivity index (χ3v) is 3.32. The van der Waals surface area contributed by atoms with Crippen LogP contribution in [0, 0.1) is 0 Å². The van der Waals surface area contributed by atoms with Crippen LogP contribution in [0.1, 0.15) is 36.5 Å². The number of rotatable bonds is 8. The first-order chi connectivity index (χ1) is 9.20. The van der Waals surface area contributed by atoms with Crippen LogP contribution in [0.25, 0.3) is 0 Å². The van der Waals surface area contributed by atoms with Crippen molar-refractivity contribution in [2.45, 2.75) is 32.2 Å². The molecule has 0 atom stereocenters. The molecule has 104 valence electrons. The van der Waals surface area contributed by atoms with Crippen LogP contribution in [-0.2, 0) is 0 Å². The van der Waals surface area contributed by atoms with Gasteiger partial charge in [0.1, 0.15) is 12.4 Å². The van der Waals surface area contributed by atoms with Crippen LogP contribution in [0.15, 0.2) is 24.3 Å². The molecule has 1 N–H and O–H groups in total. The first-order valence-electron chi connectivity index (χ1n) is 6.91. The highest BCUT2D eigenvalue weighted by Gasteiger charge is 2.27. The maximum atomic E-state index is 10.7. The summed E-state index contributed by atoms with van der Waals surface area (Å²) in [5.41, 5.74) is 0.290. The van der Waals surface area contributed by atoms with Gasteiger partial charge >= 0.3 is 5.97 Å². The number of carboxylic acids is 1. The van der Waals surface area contributed by atoms with Gasteiger partial charge in [-0.2, -0.15) is 0 Å². The molecule has 2 rings (SSSR count). The third-order valence-electron chi connectivity index (χ3n) is 3.32. The smallest absolute Gasteiger partial charge is 0.335 e. The molecule has 0 aromatic heterocycles. The van der Waals surface area contributed by atoms with Gasteiger partial charge in [0.15, 0.2) is 0 Å². The molecule has 1 fully saturated rings. The van der Waals surface area contributed by atoms with Crippen molar-refractivity contribution >= 4 is 5.97 Å². The molecule has 0 saturated heterocycles. The van der Waals surface area contributed by atoms with Crippen LogP contribution < -0.4 is 4.74 Å². The molecule has 0 aliphatic heterocycles. The highest BCUT2D eigenvalue weighted by molar-refractivity contribution is 5.87. The third kappa shape index (κ3) is 4.24. The number of nitrogens with zero attached hydrogens (tertiary/aromatic N) is 1. The van der Waals surface area contributed by atoms with Crippen LogP contribution in [0.2, 0.25) is 0 Å². The molecule has 1 aliphatic carbocycles. The average molecular weight is 263 g/mol. The van der Waals surface area contributed by atoms with Crippen LogP contribution in [0.4, 0.5) is 0 Å². The van der Waals surface area contributed by atoms with E-state index < -0.39 is 5.97 Å². The SMILES string of the molecule is CCCN(CCOc1ccc(C(=O)O)cc1)C1CC1. The summed E-state index contributed by atoms with van der Waals surface area (Å²) in [5.74, 6) is -0.174. The Bertz CT molecular complexity index is 412. The topological polar surface area (TPSA) is 49.8 Å². The van der Waals surface area contributed by atoms with Crippen molar-refractivity contribution in [3.05, 3.63) is 29.8 Å². The Hall–Kier alpha value is -1.55. The van der Waals surface area contributed by atoms with Crippen LogP contribution in [0.3, 0.4) is 0 Å². The Morgan fingerprint density at radius 2 is 2.00 bits per heavy atom. The van der Waals surface area contributed by atoms with Crippen molar-refractivity contribution < 1.29 is 14.6 Å². The van der Waals surface area contributed by atoms with E-state index in [-0.39, 0.29) is 5.56 Å². The van der Waals surface area contributed by atoms with E-state index in [9.17, 15) is 4.79 Å². The number of carbonyl (C=O) groups is 1. The molecule has 0 heterocycles. The normalized spacial score (nSPS) is 14.6. The maximum Gasteiger partial charge on any atom is 0.335 e. The van der Waals surface area contributed by atoms with Crippen molar-refractivity contribution in [2.75, 3.05) is 19.7 Å². The molecule has 1 aromatic rings. The lowest BCUT2D eigenvalue weighted by molar-refractivity contribution is 0.0697. The Labute approximate surface area is 114 Å².